The van der Waals surface area contributed by atoms with E-state index in [2.05, 4.69) is 12.2 Å². The summed E-state index contributed by atoms with van der Waals surface area (Å²) >= 11 is 5.94. The fraction of sp³-hybridized carbons (Fsp3) is 0.538. The molecule has 1 aliphatic carbocycles. The molecule has 0 heterocycles. The fourth-order valence-electron chi connectivity index (χ4n) is 2.60. The summed E-state index contributed by atoms with van der Waals surface area (Å²) in [5, 5.41) is 4.20. The van der Waals surface area contributed by atoms with Gasteiger partial charge in [-0.1, -0.05) is 24.6 Å². The number of hydrogen-bond acceptors (Lipinski definition) is 2. The lowest BCUT2D eigenvalue weighted by molar-refractivity contribution is 0.460. The molecule has 1 N–H and O–H groups in total. The zero-order chi connectivity index (χ0) is 12.4. The number of halogens is 1. The van der Waals surface area contributed by atoms with Gasteiger partial charge in [0.05, 0.1) is 10.8 Å². The highest BCUT2D eigenvalue weighted by atomic mass is 35.5. The minimum atomic E-state index is -0.946. The second kappa shape index (κ2) is 5.51. The number of rotatable bonds is 3. The third kappa shape index (κ3) is 2.72. The minimum Gasteiger partial charge on any atom is -0.317 e. The van der Waals surface area contributed by atoms with Crippen LogP contribution in [0.5, 0.6) is 0 Å². The maximum atomic E-state index is 12.5. The molecule has 1 aliphatic rings. The van der Waals surface area contributed by atoms with Crippen molar-refractivity contribution in [3.05, 3.63) is 29.3 Å². The highest BCUT2D eigenvalue weighted by Crippen LogP contribution is 2.32. The van der Waals surface area contributed by atoms with Crippen molar-refractivity contribution in [2.45, 2.75) is 36.0 Å². The predicted octanol–water partition coefficient (Wildman–Crippen LogP) is 2.83. The lowest BCUT2D eigenvalue weighted by Gasteiger charge is -2.19. The summed E-state index contributed by atoms with van der Waals surface area (Å²) in [6.07, 6.45) is 2.13. The Morgan fingerprint density at radius 3 is 2.76 bits per heavy atom. The molecule has 2 rings (SSSR count). The Balaban J connectivity index is 2.16. The van der Waals surface area contributed by atoms with Crippen molar-refractivity contribution < 1.29 is 4.21 Å². The van der Waals surface area contributed by atoms with Crippen LogP contribution in [0.25, 0.3) is 0 Å². The van der Waals surface area contributed by atoms with Crippen LogP contribution >= 0.6 is 11.6 Å². The summed E-state index contributed by atoms with van der Waals surface area (Å²) < 4.78 is 12.5. The molecule has 0 radical (unpaired) electrons. The van der Waals surface area contributed by atoms with Crippen LogP contribution in [-0.2, 0) is 10.8 Å². The SMILES string of the molecule is CNC1CCC(S(=O)c2cccc(Cl)c2)C1C. The van der Waals surface area contributed by atoms with Gasteiger partial charge in [0.15, 0.2) is 0 Å². The van der Waals surface area contributed by atoms with E-state index in [1.165, 1.54) is 0 Å². The maximum absolute atomic E-state index is 12.5. The average Bonchev–Trinajstić information content (AvgIpc) is 2.69. The van der Waals surface area contributed by atoms with Crippen LogP contribution in [0.1, 0.15) is 19.8 Å². The van der Waals surface area contributed by atoms with Gasteiger partial charge >= 0.3 is 0 Å². The first kappa shape index (κ1) is 13.1. The molecule has 4 heteroatoms. The van der Waals surface area contributed by atoms with Gasteiger partial charge in [0.2, 0.25) is 0 Å². The van der Waals surface area contributed by atoms with E-state index in [4.69, 9.17) is 11.6 Å². The normalized spacial score (nSPS) is 30.4. The molecule has 0 aromatic heterocycles. The molecule has 1 saturated carbocycles. The second-order valence-electron chi connectivity index (χ2n) is 4.62. The number of nitrogens with one attached hydrogen (secondary N) is 1. The molecule has 0 amide bonds. The molecular weight excluding hydrogens is 254 g/mol. The van der Waals surface area contributed by atoms with Crippen molar-refractivity contribution in [1.29, 1.82) is 0 Å². The Hall–Kier alpha value is -0.380. The number of benzene rings is 1. The van der Waals surface area contributed by atoms with E-state index in [-0.39, 0.29) is 5.25 Å². The largest absolute Gasteiger partial charge is 0.317 e. The average molecular weight is 272 g/mol. The van der Waals surface area contributed by atoms with Gasteiger partial charge in [-0.05, 0) is 44.0 Å². The topological polar surface area (TPSA) is 29.1 Å². The van der Waals surface area contributed by atoms with Crippen molar-refractivity contribution in [3.63, 3.8) is 0 Å². The Kier molecular flexibility index (Phi) is 4.23. The Bertz CT molecular complexity index is 424. The van der Waals surface area contributed by atoms with Gasteiger partial charge in [0.25, 0.3) is 0 Å². The molecule has 4 atom stereocenters. The van der Waals surface area contributed by atoms with E-state index in [0.717, 1.165) is 17.7 Å². The van der Waals surface area contributed by atoms with Gasteiger partial charge in [-0.15, -0.1) is 0 Å². The Morgan fingerprint density at radius 1 is 1.41 bits per heavy atom. The first-order valence-corrected chi connectivity index (χ1v) is 7.56. The number of hydrogen-bond donors (Lipinski definition) is 1. The molecule has 0 spiro atoms. The molecule has 1 aromatic carbocycles. The van der Waals surface area contributed by atoms with Crippen LogP contribution in [-0.4, -0.2) is 22.5 Å². The summed E-state index contributed by atoms with van der Waals surface area (Å²) in [5.74, 6) is 0.444. The molecular formula is C13H18ClNOS. The van der Waals surface area contributed by atoms with Gasteiger partial charge in [0.1, 0.15) is 0 Å². The summed E-state index contributed by atoms with van der Waals surface area (Å²) in [4.78, 5) is 0.853. The van der Waals surface area contributed by atoms with Crippen molar-refractivity contribution in [2.75, 3.05) is 7.05 Å². The van der Waals surface area contributed by atoms with E-state index >= 15 is 0 Å². The van der Waals surface area contributed by atoms with Gasteiger partial charge in [-0.25, -0.2) is 0 Å². The highest BCUT2D eigenvalue weighted by Gasteiger charge is 2.36. The molecule has 0 aliphatic heterocycles. The van der Waals surface area contributed by atoms with Crippen molar-refractivity contribution in [3.8, 4) is 0 Å². The molecule has 17 heavy (non-hydrogen) atoms. The van der Waals surface area contributed by atoms with Gasteiger partial charge in [0, 0.05) is 21.2 Å². The summed E-state index contributed by atoms with van der Waals surface area (Å²) in [7, 11) is 1.03. The van der Waals surface area contributed by atoms with Gasteiger partial charge in [-0.3, -0.25) is 4.21 Å². The third-order valence-electron chi connectivity index (χ3n) is 3.66. The molecule has 0 saturated heterocycles. The maximum Gasteiger partial charge on any atom is 0.0564 e. The molecule has 94 valence electrons. The lowest BCUT2D eigenvalue weighted by atomic mass is 10.1. The fourth-order valence-corrected chi connectivity index (χ4v) is 4.59. The van der Waals surface area contributed by atoms with Crippen LogP contribution in [0.3, 0.4) is 0 Å². The van der Waals surface area contributed by atoms with Gasteiger partial charge in [-0.2, -0.15) is 0 Å². The Labute approximate surface area is 110 Å². The van der Waals surface area contributed by atoms with Crippen LogP contribution in [0, 0.1) is 5.92 Å². The van der Waals surface area contributed by atoms with Crippen LogP contribution < -0.4 is 5.32 Å². The summed E-state index contributed by atoms with van der Waals surface area (Å²) in [6, 6.07) is 7.89. The van der Waals surface area contributed by atoms with Crippen molar-refractivity contribution >= 4 is 22.4 Å². The van der Waals surface area contributed by atoms with Gasteiger partial charge < -0.3 is 5.32 Å². The molecule has 1 fully saturated rings. The van der Waals surface area contributed by atoms with E-state index < -0.39 is 10.8 Å². The first-order chi connectivity index (χ1) is 8.13. The lowest BCUT2D eigenvalue weighted by Crippen LogP contribution is -2.32. The first-order valence-electron chi connectivity index (χ1n) is 5.97. The van der Waals surface area contributed by atoms with Crippen molar-refractivity contribution in [2.24, 2.45) is 5.92 Å². The summed E-state index contributed by atoms with van der Waals surface area (Å²) in [5.41, 5.74) is 0. The quantitative estimate of drug-likeness (QED) is 0.916. The smallest absolute Gasteiger partial charge is 0.0564 e. The molecule has 1 aromatic rings. The second-order valence-corrected chi connectivity index (χ2v) is 6.73. The Morgan fingerprint density at radius 2 is 2.18 bits per heavy atom. The highest BCUT2D eigenvalue weighted by molar-refractivity contribution is 7.85. The molecule has 4 unspecified atom stereocenters. The third-order valence-corrected chi connectivity index (χ3v) is 5.83. The molecule has 2 nitrogen and oxygen atoms in total. The van der Waals surface area contributed by atoms with E-state index in [1.807, 2.05) is 31.3 Å². The zero-order valence-corrected chi connectivity index (χ0v) is 11.7. The minimum absolute atomic E-state index is 0.242. The zero-order valence-electron chi connectivity index (χ0n) is 10.2. The van der Waals surface area contributed by atoms with Crippen molar-refractivity contribution in [1.82, 2.24) is 5.32 Å². The van der Waals surface area contributed by atoms with E-state index in [9.17, 15) is 4.21 Å². The van der Waals surface area contributed by atoms with Crippen LogP contribution in [0.15, 0.2) is 29.2 Å². The van der Waals surface area contributed by atoms with Crippen LogP contribution in [0.2, 0.25) is 5.02 Å². The monoisotopic (exact) mass is 271 g/mol. The summed E-state index contributed by atoms with van der Waals surface area (Å²) in [6.45, 7) is 2.18. The predicted molar refractivity (Wildman–Crippen MR) is 72.9 cm³/mol. The van der Waals surface area contributed by atoms with E-state index in [0.29, 0.717) is 17.0 Å². The standard InChI is InChI=1S/C13H18ClNOS/c1-9-12(15-2)6-7-13(9)17(16)11-5-3-4-10(14)8-11/h3-5,8-9,12-13,15H,6-7H2,1-2H3. The van der Waals surface area contributed by atoms with Crippen LogP contribution in [0.4, 0.5) is 0 Å². The van der Waals surface area contributed by atoms with E-state index in [1.54, 1.807) is 0 Å². The molecule has 0 bridgehead atoms.